The number of hydrogen-bond acceptors (Lipinski definition) is 4. The molecule has 0 bridgehead atoms. The van der Waals surface area contributed by atoms with E-state index in [2.05, 4.69) is 15.5 Å². The van der Waals surface area contributed by atoms with Crippen molar-refractivity contribution in [2.45, 2.75) is 24.7 Å². The van der Waals surface area contributed by atoms with Crippen LogP contribution in [0.15, 0.2) is 53.9 Å². The van der Waals surface area contributed by atoms with E-state index in [1.807, 2.05) is 31.5 Å². The summed E-state index contributed by atoms with van der Waals surface area (Å²) in [5.41, 5.74) is -0.718. The van der Waals surface area contributed by atoms with Crippen molar-refractivity contribution in [1.29, 1.82) is 0 Å². The molecule has 0 spiro atoms. The molecule has 10 heteroatoms. The van der Waals surface area contributed by atoms with E-state index >= 15 is 0 Å². The molecule has 1 aromatic carbocycles. The van der Waals surface area contributed by atoms with Gasteiger partial charge in [-0.15, -0.1) is 10.2 Å². The molecule has 3 aromatic rings. The molecule has 2 aromatic heterocycles. The van der Waals surface area contributed by atoms with Crippen LogP contribution < -0.4 is 5.32 Å². The number of alkyl halides is 3. The second-order valence-corrected chi connectivity index (χ2v) is 6.49. The Balaban J connectivity index is 1.68. The monoisotopic (exact) mass is 395 g/mol. The van der Waals surface area contributed by atoms with Crippen LogP contribution in [0.1, 0.15) is 18.3 Å². The lowest BCUT2D eigenvalue weighted by Gasteiger charge is -2.11. The van der Waals surface area contributed by atoms with Crippen LogP contribution in [0.25, 0.3) is 0 Å². The van der Waals surface area contributed by atoms with Crippen LogP contribution in [0.3, 0.4) is 0 Å². The standard InChI is InChI=1S/C17H16F3N5OS/c1-2-14-22-23-16(25(14)24-8-3-4-9-24)27-11-15(26)21-13-7-5-6-12(10-13)17(18,19)20/h3-10H,2,11H2,1H3,(H,21,26). The predicted octanol–water partition coefficient (Wildman–Crippen LogP) is 3.70. The second kappa shape index (κ2) is 7.87. The maximum Gasteiger partial charge on any atom is 0.416 e. The fraction of sp³-hybridized carbons (Fsp3) is 0.235. The van der Waals surface area contributed by atoms with Gasteiger partial charge < -0.3 is 5.32 Å². The van der Waals surface area contributed by atoms with Gasteiger partial charge >= 0.3 is 6.18 Å². The summed E-state index contributed by atoms with van der Waals surface area (Å²) in [4.78, 5) is 12.1. The quantitative estimate of drug-likeness (QED) is 0.647. The molecule has 2 heterocycles. The number of aromatic nitrogens is 4. The van der Waals surface area contributed by atoms with Gasteiger partial charge in [0.15, 0.2) is 5.82 Å². The predicted molar refractivity (Wildman–Crippen MR) is 95.4 cm³/mol. The number of halogens is 3. The minimum atomic E-state index is -4.46. The fourth-order valence-corrected chi connectivity index (χ4v) is 3.15. The first-order chi connectivity index (χ1) is 12.9. The number of benzene rings is 1. The Hall–Kier alpha value is -2.75. The van der Waals surface area contributed by atoms with Gasteiger partial charge in [0.25, 0.3) is 0 Å². The highest BCUT2D eigenvalue weighted by Crippen LogP contribution is 2.30. The van der Waals surface area contributed by atoms with Gasteiger partial charge in [-0.1, -0.05) is 24.8 Å². The minimum Gasteiger partial charge on any atom is -0.325 e. The van der Waals surface area contributed by atoms with Crippen molar-refractivity contribution in [1.82, 2.24) is 19.5 Å². The third-order valence-electron chi connectivity index (χ3n) is 3.62. The molecular weight excluding hydrogens is 379 g/mol. The number of thioether (sulfide) groups is 1. The Kier molecular flexibility index (Phi) is 5.54. The van der Waals surface area contributed by atoms with Crippen molar-refractivity contribution >= 4 is 23.4 Å². The summed E-state index contributed by atoms with van der Waals surface area (Å²) in [7, 11) is 0. The molecule has 6 nitrogen and oxygen atoms in total. The zero-order valence-electron chi connectivity index (χ0n) is 14.3. The average Bonchev–Trinajstić information content (AvgIpc) is 3.28. The summed E-state index contributed by atoms with van der Waals surface area (Å²) in [5.74, 6) is 0.283. The van der Waals surface area contributed by atoms with E-state index in [4.69, 9.17) is 0 Å². The van der Waals surface area contributed by atoms with Crippen LogP contribution in [-0.4, -0.2) is 31.2 Å². The number of amides is 1. The third kappa shape index (κ3) is 4.51. The topological polar surface area (TPSA) is 64.7 Å². The van der Waals surface area contributed by atoms with Crippen molar-refractivity contribution < 1.29 is 18.0 Å². The van der Waals surface area contributed by atoms with E-state index in [1.54, 1.807) is 9.35 Å². The number of carbonyl (C=O) groups excluding carboxylic acids is 1. The molecule has 3 rings (SSSR count). The molecular formula is C17H16F3N5OS. The molecule has 142 valence electrons. The maximum atomic E-state index is 12.8. The van der Waals surface area contributed by atoms with E-state index in [-0.39, 0.29) is 11.4 Å². The van der Waals surface area contributed by atoms with Gasteiger partial charge in [-0.2, -0.15) is 13.2 Å². The van der Waals surface area contributed by atoms with E-state index in [9.17, 15) is 18.0 Å². The van der Waals surface area contributed by atoms with Gasteiger partial charge in [0.05, 0.1) is 11.3 Å². The normalized spacial score (nSPS) is 11.6. The molecule has 0 aliphatic heterocycles. The largest absolute Gasteiger partial charge is 0.416 e. The Morgan fingerprint density at radius 2 is 1.93 bits per heavy atom. The van der Waals surface area contributed by atoms with Crippen LogP contribution >= 0.6 is 11.8 Å². The minimum absolute atomic E-state index is 0.0145. The molecule has 1 N–H and O–H groups in total. The Morgan fingerprint density at radius 3 is 2.59 bits per heavy atom. The number of nitrogens with zero attached hydrogens (tertiary/aromatic N) is 4. The Labute approximate surface area is 157 Å². The molecule has 0 saturated heterocycles. The van der Waals surface area contributed by atoms with Crippen LogP contribution in [-0.2, 0) is 17.4 Å². The van der Waals surface area contributed by atoms with Crippen molar-refractivity contribution in [2.75, 3.05) is 11.1 Å². The van der Waals surface area contributed by atoms with Gasteiger partial charge in [0.1, 0.15) is 0 Å². The molecule has 27 heavy (non-hydrogen) atoms. The van der Waals surface area contributed by atoms with Gasteiger partial charge in [-0.25, -0.2) is 4.68 Å². The number of aryl methyl sites for hydroxylation is 1. The number of rotatable bonds is 6. The number of carbonyl (C=O) groups is 1. The van der Waals surface area contributed by atoms with E-state index in [0.29, 0.717) is 11.6 Å². The van der Waals surface area contributed by atoms with E-state index < -0.39 is 17.6 Å². The van der Waals surface area contributed by atoms with Gasteiger partial charge in [0.2, 0.25) is 11.1 Å². The molecule has 1 amide bonds. The first-order valence-electron chi connectivity index (χ1n) is 8.06. The Bertz CT molecular complexity index is 921. The highest BCUT2D eigenvalue weighted by atomic mass is 32.2. The SMILES string of the molecule is CCc1nnc(SCC(=O)Nc2cccc(C(F)(F)F)c2)n1-n1cccc1. The van der Waals surface area contributed by atoms with Crippen LogP contribution in [0, 0.1) is 0 Å². The van der Waals surface area contributed by atoms with E-state index in [0.717, 1.165) is 29.7 Å². The summed E-state index contributed by atoms with van der Waals surface area (Å²) in [6, 6.07) is 8.23. The Morgan fingerprint density at radius 1 is 1.19 bits per heavy atom. The maximum absolute atomic E-state index is 12.8. The first kappa shape index (κ1) is 19.0. The first-order valence-corrected chi connectivity index (χ1v) is 9.05. The summed E-state index contributed by atoms with van der Waals surface area (Å²) in [6.07, 6.45) is -0.147. The summed E-state index contributed by atoms with van der Waals surface area (Å²) >= 11 is 1.15. The second-order valence-electron chi connectivity index (χ2n) is 5.54. The average molecular weight is 395 g/mol. The lowest BCUT2D eigenvalue weighted by atomic mass is 10.2. The fourth-order valence-electron chi connectivity index (χ4n) is 2.40. The molecule has 0 aliphatic carbocycles. The molecule has 0 unspecified atom stereocenters. The van der Waals surface area contributed by atoms with Gasteiger partial charge in [0, 0.05) is 24.5 Å². The number of anilines is 1. The van der Waals surface area contributed by atoms with Crippen LogP contribution in [0.5, 0.6) is 0 Å². The zero-order chi connectivity index (χ0) is 19.4. The smallest absolute Gasteiger partial charge is 0.325 e. The molecule has 0 saturated carbocycles. The molecule has 0 atom stereocenters. The number of hydrogen-bond donors (Lipinski definition) is 1. The van der Waals surface area contributed by atoms with Crippen LogP contribution in [0.2, 0.25) is 0 Å². The lowest BCUT2D eigenvalue weighted by molar-refractivity contribution is -0.137. The van der Waals surface area contributed by atoms with Crippen molar-refractivity contribution in [3.05, 3.63) is 60.2 Å². The lowest BCUT2D eigenvalue weighted by Crippen LogP contribution is -2.16. The van der Waals surface area contributed by atoms with Crippen molar-refractivity contribution in [3.8, 4) is 0 Å². The van der Waals surface area contributed by atoms with E-state index in [1.165, 1.54) is 12.1 Å². The molecule has 0 fully saturated rings. The molecule has 0 aliphatic rings. The highest BCUT2D eigenvalue weighted by molar-refractivity contribution is 7.99. The third-order valence-corrected chi connectivity index (χ3v) is 4.54. The van der Waals surface area contributed by atoms with Crippen molar-refractivity contribution in [2.24, 2.45) is 0 Å². The zero-order valence-corrected chi connectivity index (χ0v) is 15.1. The summed E-state index contributed by atoms with van der Waals surface area (Å²) in [6.45, 7) is 1.94. The summed E-state index contributed by atoms with van der Waals surface area (Å²) in [5, 5.41) is 11.2. The van der Waals surface area contributed by atoms with Crippen molar-refractivity contribution in [3.63, 3.8) is 0 Å². The number of nitrogens with one attached hydrogen (secondary N) is 1. The molecule has 0 radical (unpaired) electrons. The van der Waals surface area contributed by atoms with Gasteiger partial charge in [-0.3, -0.25) is 9.47 Å². The highest BCUT2D eigenvalue weighted by Gasteiger charge is 2.30. The summed E-state index contributed by atoms with van der Waals surface area (Å²) < 4.78 is 41.8. The van der Waals surface area contributed by atoms with Crippen LogP contribution in [0.4, 0.5) is 18.9 Å². The van der Waals surface area contributed by atoms with Gasteiger partial charge in [-0.05, 0) is 30.3 Å².